The van der Waals surface area contributed by atoms with Crippen molar-refractivity contribution in [2.75, 3.05) is 17.9 Å². The summed E-state index contributed by atoms with van der Waals surface area (Å²) in [6.07, 6.45) is 0.854. The van der Waals surface area contributed by atoms with Crippen LogP contribution in [0.1, 0.15) is 40.1 Å². The number of sulfonamides is 1. The summed E-state index contributed by atoms with van der Waals surface area (Å²) in [6, 6.07) is 19.1. The van der Waals surface area contributed by atoms with Crippen LogP contribution in [-0.4, -0.2) is 33.4 Å². The second-order valence-corrected chi connectivity index (χ2v) is 8.79. The molecule has 0 bridgehead atoms. The second-order valence-electron chi connectivity index (χ2n) is 7.11. The van der Waals surface area contributed by atoms with Gasteiger partial charge in [0.05, 0.1) is 22.8 Å². The van der Waals surface area contributed by atoms with Crippen molar-refractivity contribution in [1.82, 2.24) is 0 Å². The van der Waals surface area contributed by atoms with E-state index in [0.717, 1.165) is 12.0 Å². The van der Waals surface area contributed by atoms with Crippen LogP contribution < -0.4 is 9.46 Å². The highest BCUT2D eigenvalue weighted by Gasteiger charge is 2.20. The number of carbonyl (C=O) groups is 2. The number of ether oxygens (including phenoxy) is 2. The van der Waals surface area contributed by atoms with Crippen molar-refractivity contribution in [2.45, 2.75) is 25.2 Å². The van der Waals surface area contributed by atoms with Gasteiger partial charge in [0.25, 0.3) is 10.0 Å². The minimum atomic E-state index is -3.96. The van der Waals surface area contributed by atoms with Crippen LogP contribution in [0.3, 0.4) is 0 Å². The van der Waals surface area contributed by atoms with Gasteiger partial charge in [0.2, 0.25) is 0 Å². The van der Waals surface area contributed by atoms with E-state index in [2.05, 4.69) is 4.72 Å². The SMILES string of the molecule is CCOc1ccc(S(=O)(=O)Nc2ccccc2C(=O)OCC(=O)c2ccc(CC)cc2)cc1. The van der Waals surface area contributed by atoms with Crippen LogP contribution in [0.5, 0.6) is 5.75 Å². The number of aryl methyl sites for hydroxylation is 1. The number of hydrogen-bond donors (Lipinski definition) is 1. The number of ketones is 1. The lowest BCUT2D eigenvalue weighted by Crippen LogP contribution is -2.18. The fourth-order valence-corrected chi connectivity index (χ4v) is 4.13. The topological polar surface area (TPSA) is 98.8 Å². The van der Waals surface area contributed by atoms with Gasteiger partial charge in [0.15, 0.2) is 12.4 Å². The number of rotatable bonds is 10. The quantitative estimate of drug-likeness (QED) is 0.348. The van der Waals surface area contributed by atoms with Crippen LogP contribution in [-0.2, 0) is 21.2 Å². The van der Waals surface area contributed by atoms with Gasteiger partial charge >= 0.3 is 5.97 Å². The lowest BCUT2D eigenvalue weighted by atomic mass is 10.1. The fraction of sp³-hybridized carbons (Fsp3) is 0.200. The summed E-state index contributed by atoms with van der Waals surface area (Å²) >= 11 is 0. The van der Waals surface area contributed by atoms with E-state index in [1.165, 1.54) is 24.3 Å². The van der Waals surface area contributed by atoms with E-state index < -0.39 is 22.6 Å². The van der Waals surface area contributed by atoms with Crippen molar-refractivity contribution >= 4 is 27.5 Å². The van der Waals surface area contributed by atoms with Gasteiger partial charge in [-0.1, -0.05) is 43.3 Å². The number of Topliss-reactive ketones (excluding diaryl/α,β-unsaturated/α-hetero) is 1. The van der Waals surface area contributed by atoms with Crippen LogP contribution >= 0.6 is 0 Å². The Labute approximate surface area is 193 Å². The molecule has 0 radical (unpaired) electrons. The summed E-state index contributed by atoms with van der Waals surface area (Å²) in [4.78, 5) is 25.0. The van der Waals surface area contributed by atoms with E-state index in [0.29, 0.717) is 17.9 Å². The molecule has 0 atom stereocenters. The number of benzene rings is 3. The number of hydrogen-bond acceptors (Lipinski definition) is 6. The molecule has 3 aromatic rings. The monoisotopic (exact) mass is 467 g/mol. The largest absolute Gasteiger partial charge is 0.494 e. The van der Waals surface area contributed by atoms with Crippen molar-refractivity contribution in [3.8, 4) is 5.75 Å². The van der Waals surface area contributed by atoms with Crippen LogP contribution in [0.15, 0.2) is 77.7 Å². The molecule has 8 heteroatoms. The summed E-state index contributed by atoms with van der Waals surface area (Å²) in [5, 5.41) is 0. The van der Waals surface area contributed by atoms with Crippen molar-refractivity contribution < 1.29 is 27.5 Å². The second kappa shape index (κ2) is 10.8. The molecule has 0 spiro atoms. The van der Waals surface area contributed by atoms with Gasteiger partial charge in [-0.3, -0.25) is 9.52 Å². The molecule has 0 amide bonds. The molecule has 3 rings (SSSR count). The minimum absolute atomic E-state index is 0.00106. The van der Waals surface area contributed by atoms with Crippen LogP contribution in [0.4, 0.5) is 5.69 Å². The van der Waals surface area contributed by atoms with E-state index >= 15 is 0 Å². The molecule has 0 saturated carbocycles. The van der Waals surface area contributed by atoms with Gasteiger partial charge in [-0.15, -0.1) is 0 Å². The van der Waals surface area contributed by atoms with Crippen molar-refractivity contribution in [2.24, 2.45) is 0 Å². The first kappa shape index (κ1) is 24.0. The van der Waals surface area contributed by atoms with E-state index in [-0.39, 0.29) is 21.9 Å². The average molecular weight is 468 g/mol. The molecule has 1 N–H and O–H groups in total. The van der Waals surface area contributed by atoms with Crippen LogP contribution in [0, 0.1) is 0 Å². The first-order chi connectivity index (χ1) is 15.8. The molecule has 0 heterocycles. The molecule has 0 aliphatic rings. The predicted octanol–water partition coefficient (Wildman–Crippen LogP) is 4.49. The molecule has 7 nitrogen and oxygen atoms in total. The van der Waals surface area contributed by atoms with Gasteiger partial charge in [0, 0.05) is 5.56 Å². The number of anilines is 1. The zero-order chi connectivity index (χ0) is 23.8. The Morgan fingerprint density at radius 3 is 2.18 bits per heavy atom. The third kappa shape index (κ3) is 6.20. The van der Waals surface area contributed by atoms with Gasteiger partial charge < -0.3 is 9.47 Å². The number of para-hydroxylation sites is 1. The highest BCUT2D eigenvalue weighted by atomic mass is 32.2. The molecule has 0 unspecified atom stereocenters. The lowest BCUT2D eigenvalue weighted by Gasteiger charge is -2.13. The summed E-state index contributed by atoms with van der Waals surface area (Å²) in [5.41, 5.74) is 1.58. The Morgan fingerprint density at radius 2 is 1.55 bits per heavy atom. The molecular weight excluding hydrogens is 442 g/mol. The maximum atomic E-state index is 12.8. The van der Waals surface area contributed by atoms with Gasteiger partial charge in [-0.25, -0.2) is 13.2 Å². The number of esters is 1. The highest BCUT2D eigenvalue weighted by Crippen LogP contribution is 2.22. The Hall–Kier alpha value is -3.65. The molecule has 172 valence electrons. The first-order valence-electron chi connectivity index (χ1n) is 10.5. The normalized spacial score (nSPS) is 11.0. The minimum Gasteiger partial charge on any atom is -0.494 e. The molecule has 0 aliphatic carbocycles. The number of nitrogens with one attached hydrogen (secondary N) is 1. The zero-order valence-electron chi connectivity index (χ0n) is 18.4. The summed E-state index contributed by atoms with van der Waals surface area (Å²) in [7, 11) is -3.96. The Balaban J connectivity index is 1.71. The lowest BCUT2D eigenvalue weighted by molar-refractivity contribution is 0.0476. The standard InChI is InChI=1S/C25H25NO6S/c1-3-18-9-11-19(12-10-18)24(27)17-32-25(28)22-7-5-6-8-23(22)26-33(29,30)21-15-13-20(14-16-21)31-4-2/h5-16,26H,3-4,17H2,1-2H3. The highest BCUT2D eigenvalue weighted by molar-refractivity contribution is 7.92. The van der Waals surface area contributed by atoms with Crippen LogP contribution in [0.2, 0.25) is 0 Å². The molecule has 33 heavy (non-hydrogen) atoms. The predicted molar refractivity (Wildman–Crippen MR) is 125 cm³/mol. The maximum absolute atomic E-state index is 12.8. The molecule has 3 aromatic carbocycles. The Kier molecular flexibility index (Phi) is 7.84. The summed E-state index contributed by atoms with van der Waals surface area (Å²) in [5.74, 6) is -0.605. The Bertz CT molecular complexity index is 1220. The van der Waals surface area contributed by atoms with Gasteiger partial charge in [-0.05, 0) is 55.3 Å². The average Bonchev–Trinajstić information content (AvgIpc) is 2.83. The fourth-order valence-electron chi connectivity index (χ4n) is 3.05. The smallest absolute Gasteiger partial charge is 0.340 e. The maximum Gasteiger partial charge on any atom is 0.340 e. The van der Waals surface area contributed by atoms with Crippen molar-refractivity contribution in [3.63, 3.8) is 0 Å². The Morgan fingerprint density at radius 1 is 0.879 bits per heavy atom. The van der Waals surface area contributed by atoms with Crippen molar-refractivity contribution in [3.05, 3.63) is 89.5 Å². The summed E-state index contributed by atoms with van der Waals surface area (Å²) < 4.78 is 38.5. The van der Waals surface area contributed by atoms with Gasteiger partial charge in [-0.2, -0.15) is 0 Å². The van der Waals surface area contributed by atoms with E-state index in [4.69, 9.17) is 9.47 Å². The van der Waals surface area contributed by atoms with Gasteiger partial charge in [0.1, 0.15) is 5.75 Å². The van der Waals surface area contributed by atoms with E-state index in [9.17, 15) is 18.0 Å². The van der Waals surface area contributed by atoms with E-state index in [1.807, 2.05) is 26.0 Å². The van der Waals surface area contributed by atoms with Crippen molar-refractivity contribution in [1.29, 1.82) is 0 Å². The number of carbonyl (C=O) groups excluding carboxylic acids is 2. The summed E-state index contributed by atoms with van der Waals surface area (Å²) in [6.45, 7) is 3.86. The molecule has 0 fully saturated rings. The first-order valence-corrected chi connectivity index (χ1v) is 12.0. The third-order valence-electron chi connectivity index (χ3n) is 4.85. The third-order valence-corrected chi connectivity index (χ3v) is 6.24. The zero-order valence-corrected chi connectivity index (χ0v) is 19.2. The molecule has 0 saturated heterocycles. The molecule has 0 aromatic heterocycles. The van der Waals surface area contributed by atoms with Crippen LogP contribution in [0.25, 0.3) is 0 Å². The molecular formula is C25H25NO6S. The van der Waals surface area contributed by atoms with E-state index in [1.54, 1.807) is 36.4 Å². The molecule has 0 aliphatic heterocycles.